The van der Waals surface area contributed by atoms with Crippen LogP contribution in [-0.4, -0.2) is 19.7 Å². The van der Waals surface area contributed by atoms with Crippen LogP contribution in [0.1, 0.15) is 5.56 Å². The van der Waals surface area contributed by atoms with Gasteiger partial charge in [-0.05, 0) is 17.7 Å². The van der Waals surface area contributed by atoms with Gasteiger partial charge in [-0.3, -0.25) is 14.6 Å². The smallest absolute Gasteiger partial charge is 0.135 e. The summed E-state index contributed by atoms with van der Waals surface area (Å²) >= 11 is 5.97. The van der Waals surface area contributed by atoms with E-state index in [0.29, 0.717) is 28.6 Å². The molecule has 2 aromatic heterocycles. The molecule has 0 aliphatic heterocycles. The van der Waals surface area contributed by atoms with Gasteiger partial charge in [0.2, 0.25) is 0 Å². The molecule has 0 amide bonds. The van der Waals surface area contributed by atoms with Crippen LogP contribution < -0.4 is 5.73 Å². The fourth-order valence-corrected chi connectivity index (χ4v) is 2.17. The van der Waals surface area contributed by atoms with E-state index in [9.17, 15) is 0 Å². The molecular weight excluding hydrogens is 274 g/mol. The van der Waals surface area contributed by atoms with E-state index < -0.39 is 0 Å². The number of anilines is 1. The maximum Gasteiger partial charge on any atom is 0.135 e. The van der Waals surface area contributed by atoms with Crippen LogP contribution in [0.25, 0.3) is 11.4 Å². The Bertz CT molecular complexity index is 723. The normalized spacial score (nSPS) is 10.7. The molecule has 2 N–H and O–H groups in total. The number of rotatable bonds is 3. The fourth-order valence-electron chi connectivity index (χ4n) is 1.96. The van der Waals surface area contributed by atoms with Gasteiger partial charge in [0, 0.05) is 23.6 Å². The Morgan fingerprint density at radius 1 is 1.25 bits per heavy atom. The average molecular weight is 286 g/mol. The van der Waals surface area contributed by atoms with Crippen molar-refractivity contribution in [3.8, 4) is 11.4 Å². The standard InChI is InChI=1S/C14H12ClN5/c15-11-3-1-2-10(6-11)8-20-9-12(16)14(19-20)13-7-17-4-5-18-13/h1-7,9H,8,16H2. The molecule has 1 aromatic carbocycles. The average Bonchev–Trinajstić information content (AvgIpc) is 2.80. The topological polar surface area (TPSA) is 69.6 Å². The first-order valence-corrected chi connectivity index (χ1v) is 6.44. The van der Waals surface area contributed by atoms with Crippen molar-refractivity contribution in [2.45, 2.75) is 6.54 Å². The van der Waals surface area contributed by atoms with E-state index in [4.69, 9.17) is 17.3 Å². The molecule has 6 heteroatoms. The Labute approximate surface area is 121 Å². The highest BCUT2D eigenvalue weighted by Crippen LogP contribution is 2.21. The van der Waals surface area contributed by atoms with Gasteiger partial charge in [-0.2, -0.15) is 5.10 Å². The van der Waals surface area contributed by atoms with Crippen LogP contribution in [-0.2, 0) is 6.54 Å². The third-order valence-corrected chi connectivity index (χ3v) is 3.06. The zero-order valence-corrected chi connectivity index (χ0v) is 11.3. The Morgan fingerprint density at radius 3 is 2.90 bits per heavy atom. The highest BCUT2D eigenvalue weighted by atomic mass is 35.5. The van der Waals surface area contributed by atoms with Crippen LogP contribution in [0.4, 0.5) is 5.69 Å². The van der Waals surface area contributed by atoms with Crippen molar-refractivity contribution in [2.75, 3.05) is 5.73 Å². The summed E-state index contributed by atoms with van der Waals surface area (Å²) in [6, 6.07) is 7.65. The molecule has 0 atom stereocenters. The number of nitrogens with zero attached hydrogens (tertiary/aromatic N) is 4. The molecule has 2 heterocycles. The number of benzene rings is 1. The summed E-state index contributed by atoms with van der Waals surface area (Å²) < 4.78 is 1.77. The van der Waals surface area contributed by atoms with Gasteiger partial charge in [0.15, 0.2) is 0 Å². The molecule has 0 saturated carbocycles. The minimum absolute atomic E-state index is 0.576. The number of halogens is 1. The zero-order chi connectivity index (χ0) is 13.9. The highest BCUT2D eigenvalue weighted by molar-refractivity contribution is 6.30. The highest BCUT2D eigenvalue weighted by Gasteiger charge is 2.10. The van der Waals surface area contributed by atoms with Gasteiger partial charge in [-0.25, -0.2) is 0 Å². The van der Waals surface area contributed by atoms with Gasteiger partial charge >= 0.3 is 0 Å². The third-order valence-electron chi connectivity index (χ3n) is 2.83. The van der Waals surface area contributed by atoms with E-state index in [-0.39, 0.29) is 0 Å². The van der Waals surface area contributed by atoms with Crippen LogP contribution in [0, 0.1) is 0 Å². The molecule has 5 nitrogen and oxygen atoms in total. The first-order chi connectivity index (χ1) is 9.72. The lowest BCUT2D eigenvalue weighted by Gasteiger charge is -2.02. The molecule has 0 spiro atoms. The minimum atomic E-state index is 0.576. The molecule has 0 aliphatic rings. The zero-order valence-electron chi connectivity index (χ0n) is 10.6. The number of aromatic nitrogens is 4. The maximum atomic E-state index is 5.98. The van der Waals surface area contributed by atoms with Gasteiger partial charge in [-0.15, -0.1) is 0 Å². The summed E-state index contributed by atoms with van der Waals surface area (Å²) in [5.41, 5.74) is 8.92. The number of hydrogen-bond acceptors (Lipinski definition) is 4. The molecule has 20 heavy (non-hydrogen) atoms. The Balaban J connectivity index is 1.90. The molecule has 3 aromatic rings. The van der Waals surface area contributed by atoms with Crippen molar-refractivity contribution < 1.29 is 0 Å². The van der Waals surface area contributed by atoms with E-state index in [0.717, 1.165) is 5.56 Å². The van der Waals surface area contributed by atoms with Crippen LogP contribution in [0.3, 0.4) is 0 Å². The summed E-state index contributed by atoms with van der Waals surface area (Å²) in [5, 5.41) is 5.16. The molecular formula is C14H12ClN5. The van der Waals surface area contributed by atoms with E-state index in [1.54, 1.807) is 29.5 Å². The summed E-state index contributed by atoms with van der Waals surface area (Å²) in [4.78, 5) is 8.23. The second-order valence-corrected chi connectivity index (χ2v) is 4.79. The molecule has 3 rings (SSSR count). The fraction of sp³-hybridized carbons (Fsp3) is 0.0714. The predicted molar refractivity (Wildman–Crippen MR) is 78.2 cm³/mol. The SMILES string of the molecule is Nc1cn(Cc2cccc(Cl)c2)nc1-c1cnccn1. The second kappa shape index (κ2) is 5.30. The Morgan fingerprint density at radius 2 is 2.15 bits per heavy atom. The van der Waals surface area contributed by atoms with Crippen molar-refractivity contribution in [3.63, 3.8) is 0 Å². The summed E-state index contributed by atoms with van der Waals surface area (Å²) in [6.07, 6.45) is 6.65. The largest absolute Gasteiger partial charge is 0.396 e. The molecule has 0 fully saturated rings. The van der Waals surface area contributed by atoms with Gasteiger partial charge < -0.3 is 5.73 Å². The minimum Gasteiger partial charge on any atom is -0.396 e. The van der Waals surface area contributed by atoms with Crippen LogP contribution in [0.2, 0.25) is 5.02 Å². The molecule has 0 radical (unpaired) electrons. The van der Waals surface area contributed by atoms with Gasteiger partial charge in [-0.1, -0.05) is 23.7 Å². The lowest BCUT2D eigenvalue weighted by atomic mass is 10.2. The van der Waals surface area contributed by atoms with Crippen LogP contribution in [0.5, 0.6) is 0 Å². The molecule has 100 valence electrons. The molecule has 0 bridgehead atoms. The van der Waals surface area contributed by atoms with E-state index >= 15 is 0 Å². The monoisotopic (exact) mass is 285 g/mol. The van der Waals surface area contributed by atoms with E-state index in [1.165, 1.54) is 0 Å². The number of nitrogens with two attached hydrogens (primary N) is 1. The van der Waals surface area contributed by atoms with Crippen molar-refractivity contribution in [3.05, 3.63) is 59.6 Å². The Kier molecular flexibility index (Phi) is 3.35. The first-order valence-electron chi connectivity index (χ1n) is 6.06. The van der Waals surface area contributed by atoms with Crippen LogP contribution >= 0.6 is 11.6 Å². The van der Waals surface area contributed by atoms with Crippen molar-refractivity contribution >= 4 is 17.3 Å². The first kappa shape index (κ1) is 12.6. The van der Waals surface area contributed by atoms with Crippen molar-refractivity contribution in [2.24, 2.45) is 0 Å². The molecule has 0 aliphatic carbocycles. The molecule has 0 saturated heterocycles. The van der Waals surface area contributed by atoms with E-state index in [2.05, 4.69) is 15.1 Å². The second-order valence-electron chi connectivity index (χ2n) is 4.35. The quantitative estimate of drug-likeness (QED) is 0.803. The summed E-state index contributed by atoms with van der Waals surface area (Å²) in [6.45, 7) is 0.602. The van der Waals surface area contributed by atoms with Gasteiger partial charge in [0.1, 0.15) is 11.4 Å². The van der Waals surface area contributed by atoms with E-state index in [1.807, 2.05) is 24.3 Å². The van der Waals surface area contributed by atoms with Gasteiger partial charge in [0.05, 0.1) is 18.4 Å². The van der Waals surface area contributed by atoms with Crippen molar-refractivity contribution in [1.82, 2.24) is 19.7 Å². The van der Waals surface area contributed by atoms with Gasteiger partial charge in [0.25, 0.3) is 0 Å². The van der Waals surface area contributed by atoms with Crippen molar-refractivity contribution in [1.29, 1.82) is 0 Å². The third kappa shape index (κ3) is 2.62. The number of hydrogen-bond donors (Lipinski definition) is 1. The predicted octanol–water partition coefficient (Wildman–Crippen LogP) is 2.62. The number of nitrogen functional groups attached to an aromatic ring is 1. The maximum absolute atomic E-state index is 5.98. The van der Waals surface area contributed by atoms with Crippen LogP contribution in [0.15, 0.2) is 49.1 Å². The lowest BCUT2D eigenvalue weighted by Crippen LogP contribution is -2.00. The lowest BCUT2D eigenvalue weighted by molar-refractivity contribution is 0.689. The molecule has 0 unspecified atom stereocenters. The summed E-state index contributed by atoms with van der Waals surface area (Å²) in [7, 11) is 0. The summed E-state index contributed by atoms with van der Waals surface area (Å²) in [5.74, 6) is 0. The Hall–Kier alpha value is -2.40.